The Morgan fingerprint density at radius 1 is 1.53 bits per heavy atom. The Balaban J connectivity index is 3.05. The van der Waals surface area contributed by atoms with E-state index in [4.69, 9.17) is 5.26 Å². The number of carbonyl (C=O) groups is 1. The van der Waals surface area contributed by atoms with Crippen molar-refractivity contribution in [2.24, 2.45) is 0 Å². The van der Waals surface area contributed by atoms with E-state index in [9.17, 15) is 4.79 Å². The molecule has 0 aliphatic carbocycles. The number of carbonyl (C=O) groups excluding carboxylic acids is 1. The molecule has 0 saturated heterocycles. The first-order chi connectivity index (χ1) is 7.17. The van der Waals surface area contributed by atoms with Gasteiger partial charge in [-0.3, -0.25) is 0 Å². The summed E-state index contributed by atoms with van der Waals surface area (Å²) in [5, 5.41) is 8.74. The van der Waals surface area contributed by atoms with Crippen molar-refractivity contribution >= 4 is 12.0 Å². The van der Waals surface area contributed by atoms with Crippen LogP contribution >= 0.6 is 0 Å². The third-order valence-corrected chi connectivity index (χ3v) is 1.88. The van der Waals surface area contributed by atoms with Gasteiger partial charge in [0.15, 0.2) is 0 Å². The van der Waals surface area contributed by atoms with Crippen LogP contribution in [0.4, 0.5) is 0 Å². The summed E-state index contributed by atoms with van der Waals surface area (Å²) in [5.74, 6) is -0.612. The normalized spacial score (nSPS) is 10.6. The highest BCUT2D eigenvalue weighted by molar-refractivity contribution is 5.97. The van der Waals surface area contributed by atoms with Gasteiger partial charge in [-0.05, 0) is 18.6 Å². The molecule has 0 amide bonds. The van der Waals surface area contributed by atoms with Gasteiger partial charge in [0.25, 0.3) is 0 Å². The molecule has 0 atom stereocenters. The van der Waals surface area contributed by atoms with E-state index in [1.807, 2.05) is 37.3 Å². The third-order valence-electron chi connectivity index (χ3n) is 1.88. The van der Waals surface area contributed by atoms with E-state index in [0.717, 1.165) is 11.1 Å². The van der Waals surface area contributed by atoms with Crippen LogP contribution in [0.2, 0.25) is 0 Å². The smallest absolute Gasteiger partial charge is 0.348 e. The number of benzene rings is 1. The predicted molar refractivity (Wildman–Crippen MR) is 56.8 cm³/mol. The Morgan fingerprint density at radius 2 is 2.27 bits per heavy atom. The fourth-order valence-electron chi connectivity index (χ4n) is 1.17. The lowest BCUT2D eigenvalue weighted by molar-refractivity contribution is -0.135. The van der Waals surface area contributed by atoms with Crippen LogP contribution in [0.5, 0.6) is 0 Å². The van der Waals surface area contributed by atoms with Crippen molar-refractivity contribution < 1.29 is 9.53 Å². The van der Waals surface area contributed by atoms with Gasteiger partial charge in [0, 0.05) is 0 Å². The third kappa shape index (κ3) is 2.96. The second-order valence-electron chi connectivity index (χ2n) is 3.08. The average Bonchev–Trinajstić information content (AvgIpc) is 2.25. The number of rotatable bonds is 2. The molecule has 0 aliphatic rings. The molecule has 0 saturated carbocycles. The molecule has 0 bridgehead atoms. The molecule has 1 aromatic rings. The van der Waals surface area contributed by atoms with E-state index in [-0.39, 0.29) is 5.57 Å². The van der Waals surface area contributed by atoms with Gasteiger partial charge in [-0.25, -0.2) is 4.79 Å². The van der Waals surface area contributed by atoms with Gasteiger partial charge >= 0.3 is 5.97 Å². The largest absolute Gasteiger partial charge is 0.465 e. The van der Waals surface area contributed by atoms with Crippen LogP contribution in [0, 0.1) is 18.3 Å². The Hall–Kier alpha value is -2.08. The van der Waals surface area contributed by atoms with Gasteiger partial charge in [0.05, 0.1) is 7.11 Å². The lowest BCUT2D eigenvalue weighted by atomic mass is 10.1. The van der Waals surface area contributed by atoms with Crippen LogP contribution in [0.3, 0.4) is 0 Å². The molecular weight excluding hydrogens is 190 g/mol. The Kier molecular flexibility index (Phi) is 3.64. The SMILES string of the molecule is COC(=O)/C(C#N)=C/c1cccc(C)c1. The summed E-state index contributed by atoms with van der Waals surface area (Å²) < 4.78 is 4.48. The van der Waals surface area contributed by atoms with E-state index < -0.39 is 5.97 Å². The van der Waals surface area contributed by atoms with Gasteiger partial charge in [-0.1, -0.05) is 29.8 Å². The van der Waals surface area contributed by atoms with Crippen LogP contribution in [0.1, 0.15) is 11.1 Å². The zero-order valence-electron chi connectivity index (χ0n) is 8.65. The van der Waals surface area contributed by atoms with Crippen LogP contribution in [0.25, 0.3) is 6.08 Å². The number of methoxy groups -OCH3 is 1. The summed E-state index contributed by atoms with van der Waals surface area (Å²) in [5.41, 5.74) is 1.89. The van der Waals surface area contributed by atoms with Gasteiger partial charge in [-0.15, -0.1) is 0 Å². The number of ether oxygens (including phenoxy) is 1. The summed E-state index contributed by atoms with van der Waals surface area (Å²) in [6.07, 6.45) is 1.51. The minimum atomic E-state index is -0.612. The highest BCUT2D eigenvalue weighted by Gasteiger charge is 2.07. The molecule has 15 heavy (non-hydrogen) atoms. The van der Waals surface area contributed by atoms with Crippen molar-refractivity contribution in [2.75, 3.05) is 7.11 Å². The van der Waals surface area contributed by atoms with Crippen LogP contribution in [-0.2, 0) is 9.53 Å². The molecule has 0 heterocycles. The Bertz CT molecular complexity index is 441. The standard InChI is InChI=1S/C12H11NO2/c1-9-4-3-5-10(6-9)7-11(8-13)12(14)15-2/h3-7H,1-2H3/b11-7+. The van der Waals surface area contributed by atoms with Crippen LogP contribution in [-0.4, -0.2) is 13.1 Å². The van der Waals surface area contributed by atoms with E-state index in [1.165, 1.54) is 13.2 Å². The molecule has 0 fully saturated rings. The molecule has 1 aromatic carbocycles. The lowest BCUT2D eigenvalue weighted by Crippen LogP contribution is -2.02. The Morgan fingerprint density at radius 3 is 2.80 bits per heavy atom. The van der Waals surface area contributed by atoms with E-state index in [1.54, 1.807) is 0 Å². The van der Waals surface area contributed by atoms with Gasteiger partial charge in [0.1, 0.15) is 11.6 Å². The quantitative estimate of drug-likeness (QED) is 0.418. The van der Waals surface area contributed by atoms with Crippen molar-refractivity contribution in [1.29, 1.82) is 5.26 Å². The number of aryl methyl sites for hydroxylation is 1. The molecular formula is C12H11NO2. The summed E-state index contributed by atoms with van der Waals surface area (Å²) >= 11 is 0. The maximum absolute atomic E-state index is 11.1. The number of nitriles is 1. The van der Waals surface area contributed by atoms with Crippen molar-refractivity contribution in [3.63, 3.8) is 0 Å². The number of hydrogen-bond acceptors (Lipinski definition) is 3. The predicted octanol–water partition coefficient (Wildman–Crippen LogP) is 2.08. The first kappa shape index (κ1) is 11.0. The Labute approximate surface area is 88.6 Å². The molecule has 3 heteroatoms. The monoisotopic (exact) mass is 201 g/mol. The van der Waals surface area contributed by atoms with Crippen molar-refractivity contribution in [1.82, 2.24) is 0 Å². The topological polar surface area (TPSA) is 50.1 Å². The molecule has 0 radical (unpaired) electrons. The van der Waals surface area contributed by atoms with Crippen molar-refractivity contribution in [3.05, 3.63) is 41.0 Å². The molecule has 0 N–H and O–H groups in total. The molecule has 0 unspecified atom stereocenters. The molecule has 0 aliphatic heterocycles. The van der Waals surface area contributed by atoms with Crippen molar-refractivity contribution in [2.45, 2.75) is 6.92 Å². The highest BCUT2D eigenvalue weighted by atomic mass is 16.5. The van der Waals surface area contributed by atoms with E-state index in [0.29, 0.717) is 0 Å². The fraction of sp³-hybridized carbons (Fsp3) is 0.167. The summed E-state index contributed by atoms with van der Waals surface area (Å²) in [4.78, 5) is 11.1. The zero-order valence-corrected chi connectivity index (χ0v) is 8.65. The minimum absolute atomic E-state index is 0.00287. The molecule has 0 spiro atoms. The van der Waals surface area contributed by atoms with Crippen LogP contribution in [0.15, 0.2) is 29.8 Å². The summed E-state index contributed by atoms with van der Waals surface area (Å²) in [7, 11) is 1.25. The maximum Gasteiger partial charge on any atom is 0.348 e. The molecule has 1 rings (SSSR count). The maximum atomic E-state index is 11.1. The van der Waals surface area contributed by atoms with Crippen molar-refractivity contribution in [3.8, 4) is 6.07 Å². The summed E-state index contributed by atoms with van der Waals surface area (Å²) in [6.45, 7) is 1.95. The fourth-order valence-corrected chi connectivity index (χ4v) is 1.17. The zero-order chi connectivity index (χ0) is 11.3. The number of nitrogens with zero attached hydrogens (tertiary/aromatic N) is 1. The van der Waals surface area contributed by atoms with Gasteiger partial charge in [0.2, 0.25) is 0 Å². The van der Waals surface area contributed by atoms with Gasteiger partial charge in [-0.2, -0.15) is 5.26 Å². The van der Waals surface area contributed by atoms with E-state index in [2.05, 4.69) is 4.74 Å². The molecule has 3 nitrogen and oxygen atoms in total. The number of esters is 1. The highest BCUT2D eigenvalue weighted by Crippen LogP contribution is 2.09. The number of hydrogen-bond donors (Lipinski definition) is 0. The average molecular weight is 201 g/mol. The molecule has 76 valence electrons. The first-order valence-electron chi connectivity index (χ1n) is 4.44. The van der Waals surface area contributed by atoms with Gasteiger partial charge < -0.3 is 4.74 Å². The van der Waals surface area contributed by atoms with Crippen LogP contribution < -0.4 is 0 Å². The summed E-state index contributed by atoms with van der Waals surface area (Å²) in [6, 6.07) is 9.34. The second kappa shape index (κ2) is 4.97. The minimum Gasteiger partial charge on any atom is -0.465 e. The first-order valence-corrected chi connectivity index (χ1v) is 4.44. The van der Waals surface area contributed by atoms with E-state index >= 15 is 0 Å². The molecule has 0 aromatic heterocycles. The lowest BCUT2D eigenvalue weighted by Gasteiger charge is -1.98. The second-order valence-corrected chi connectivity index (χ2v) is 3.08.